The summed E-state index contributed by atoms with van der Waals surface area (Å²) in [6.07, 6.45) is 44.2. The molecule has 2 atom stereocenters. The van der Waals surface area contributed by atoms with Gasteiger partial charge in [-0.15, -0.1) is 0 Å². The Kier molecular flexibility index (Phi) is 40.5. The number of halogens is 1. The second-order valence-electron chi connectivity index (χ2n) is 14.6. The van der Waals surface area contributed by atoms with Crippen LogP contribution in [-0.4, -0.2) is 51.1 Å². The van der Waals surface area contributed by atoms with Crippen LogP contribution in [0.3, 0.4) is 0 Å². The van der Waals surface area contributed by atoms with E-state index in [9.17, 15) is 0 Å². The Labute approximate surface area is 304 Å². The van der Waals surface area contributed by atoms with E-state index >= 15 is 0 Å². The third kappa shape index (κ3) is 35.9. The van der Waals surface area contributed by atoms with Crippen molar-refractivity contribution in [3.63, 3.8) is 0 Å². The zero-order chi connectivity index (χ0) is 33.6. The lowest BCUT2D eigenvalue weighted by atomic mass is 10.0. The molecule has 4 nitrogen and oxygen atoms in total. The van der Waals surface area contributed by atoms with Crippen LogP contribution in [0.1, 0.15) is 219 Å². The van der Waals surface area contributed by atoms with Gasteiger partial charge in [-0.05, 0) is 26.9 Å². The molecule has 0 aromatic rings. The molecule has 0 aliphatic rings. The maximum atomic E-state index is 6.31. The summed E-state index contributed by atoms with van der Waals surface area (Å²) >= 11 is 2.00. The number of likely N-dealkylation sites (N-methyl/N-ethyl adjacent to an activating group) is 1. The van der Waals surface area contributed by atoms with Crippen LogP contribution >= 0.6 is 23.0 Å². The Balaban J connectivity index is 3.68. The lowest BCUT2D eigenvalue weighted by molar-refractivity contribution is -0.152. The Hall–Kier alpha value is 0.570. The maximum Gasteiger partial charge on any atom is 0.196 e. The van der Waals surface area contributed by atoms with Gasteiger partial charge in [-0.2, -0.15) is 0 Å². The highest BCUT2D eigenvalue weighted by molar-refractivity contribution is 14.1. The van der Waals surface area contributed by atoms with Gasteiger partial charge in [0.15, 0.2) is 6.29 Å². The minimum Gasteiger partial charge on any atom is -0.372 e. The van der Waals surface area contributed by atoms with E-state index in [2.05, 4.69) is 32.8 Å². The van der Waals surface area contributed by atoms with Crippen molar-refractivity contribution in [2.45, 2.75) is 232 Å². The fraction of sp³-hybridized carbons (Fsp3) is 1.00. The number of hydrogen-bond acceptors (Lipinski definition) is 4. The summed E-state index contributed by atoms with van der Waals surface area (Å²) in [6.45, 7) is 6.99. The molecule has 2 unspecified atom stereocenters. The number of unbranched alkanes of at least 4 members (excludes halogenated alkanes) is 30. The first kappa shape index (κ1) is 46.6. The second kappa shape index (κ2) is 40.0. The van der Waals surface area contributed by atoms with Crippen molar-refractivity contribution in [1.82, 2.24) is 4.90 Å². The van der Waals surface area contributed by atoms with Gasteiger partial charge in [0.2, 0.25) is 0 Å². The van der Waals surface area contributed by atoms with Crippen LogP contribution in [-0.2, 0) is 12.5 Å². The summed E-state index contributed by atoms with van der Waals surface area (Å²) in [5.41, 5.74) is 0. The van der Waals surface area contributed by atoms with Crippen LogP contribution < -0.4 is 0 Å². The molecule has 0 spiro atoms. The van der Waals surface area contributed by atoms with Gasteiger partial charge >= 0.3 is 0 Å². The largest absolute Gasteiger partial charge is 0.372 e. The molecule has 0 aromatic heterocycles. The highest BCUT2D eigenvalue weighted by Crippen LogP contribution is 2.17. The van der Waals surface area contributed by atoms with Crippen LogP contribution in [0.15, 0.2) is 0 Å². The van der Waals surface area contributed by atoms with E-state index in [0.29, 0.717) is 0 Å². The Morgan fingerprint density at radius 2 is 0.652 bits per heavy atom. The predicted octanol–water partition coefficient (Wildman–Crippen LogP) is 14.2. The molecule has 0 N–H and O–H groups in total. The SMILES string of the molecule is CCCCCCCCCCCCCCCCCCOC(CN(C)C)C(OI)OCCCCCCCCCCCCCCCCCC. The van der Waals surface area contributed by atoms with Gasteiger partial charge in [-0.3, -0.25) is 3.07 Å². The van der Waals surface area contributed by atoms with Gasteiger partial charge in [0, 0.05) is 19.8 Å². The molecule has 5 heteroatoms. The molecule has 0 rings (SSSR count). The highest BCUT2D eigenvalue weighted by Gasteiger charge is 2.24. The first-order valence-electron chi connectivity index (χ1n) is 20.8. The third-order valence-corrected chi connectivity index (χ3v) is 10.0. The average molecular weight is 766 g/mol. The van der Waals surface area contributed by atoms with Crippen LogP contribution in [0.25, 0.3) is 0 Å². The molecule has 0 radical (unpaired) electrons. The summed E-state index contributed by atoms with van der Waals surface area (Å²) in [7, 11) is 4.20. The summed E-state index contributed by atoms with van der Waals surface area (Å²) in [4.78, 5) is 2.18. The van der Waals surface area contributed by atoms with E-state index in [1.807, 2.05) is 23.0 Å². The summed E-state index contributed by atoms with van der Waals surface area (Å²) in [5, 5.41) is 0. The average Bonchev–Trinajstić information content (AvgIpc) is 3.05. The molecular weight excluding hydrogens is 681 g/mol. The van der Waals surface area contributed by atoms with Gasteiger partial charge in [-0.25, -0.2) is 0 Å². The molecule has 0 aliphatic carbocycles. The van der Waals surface area contributed by atoms with Crippen molar-refractivity contribution in [2.75, 3.05) is 33.9 Å². The molecule has 0 heterocycles. The first-order chi connectivity index (χ1) is 22.7. The molecular formula is C41H84INO3. The molecule has 278 valence electrons. The zero-order valence-corrected chi connectivity index (χ0v) is 34.1. The second-order valence-corrected chi connectivity index (χ2v) is 15.1. The lowest BCUT2D eigenvalue weighted by Crippen LogP contribution is -2.40. The molecule has 0 aromatic carbocycles. The van der Waals surface area contributed by atoms with Crippen molar-refractivity contribution in [3.05, 3.63) is 0 Å². The van der Waals surface area contributed by atoms with Crippen molar-refractivity contribution in [3.8, 4) is 0 Å². The Morgan fingerprint density at radius 1 is 0.391 bits per heavy atom. The van der Waals surface area contributed by atoms with E-state index in [4.69, 9.17) is 12.5 Å². The van der Waals surface area contributed by atoms with Crippen LogP contribution in [0.2, 0.25) is 0 Å². The van der Waals surface area contributed by atoms with E-state index in [0.717, 1.165) is 32.6 Å². The van der Waals surface area contributed by atoms with E-state index < -0.39 is 0 Å². The summed E-state index contributed by atoms with van der Waals surface area (Å²) in [5.74, 6) is 0. The topological polar surface area (TPSA) is 30.9 Å². The van der Waals surface area contributed by atoms with Gasteiger partial charge in [0.25, 0.3) is 0 Å². The van der Waals surface area contributed by atoms with Gasteiger partial charge in [0.05, 0.1) is 0 Å². The molecule has 0 bridgehead atoms. The van der Waals surface area contributed by atoms with E-state index in [-0.39, 0.29) is 12.4 Å². The van der Waals surface area contributed by atoms with Crippen molar-refractivity contribution < 1.29 is 12.5 Å². The molecule has 0 saturated heterocycles. The van der Waals surface area contributed by atoms with Crippen LogP contribution in [0.5, 0.6) is 0 Å². The third-order valence-electron chi connectivity index (χ3n) is 9.55. The van der Waals surface area contributed by atoms with Crippen molar-refractivity contribution in [1.29, 1.82) is 0 Å². The zero-order valence-electron chi connectivity index (χ0n) is 32.0. The highest BCUT2D eigenvalue weighted by atomic mass is 127. The van der Waals surface area contributed by atoms with E-state index in [1.165, 1.54) is 193 Å². The smallest absolute Gasteiger partial charge is 0.196 e. The minimum atomic E-state index is -0.291. The summed E-state index contributed by atoms with van der Waals surface area (Å²) < 4.78 is 18.2. The molecule has 46 heavy (non-hydrogen) atoms. The summed E-state index contributed by atoms with van der Waals surface area (Å²) in [6, 6.07) is 0. The molecule has 0 aliphatic heterocycles. The predicted molar refractivity (Wildman–Crippen MR) is 212 cm³/mol. The van der Waals surface area contributed by atoms with Crippen molar-refractivity contribution >= 4 is 23.0 Å². The Morgan fingerprint density at radius 3 is 0.913 bits per heavy atom. The normalized spacial score (nSPS) is 13.2. The number of hydrogen-bond donors (Lipinski definition) is 0. The quantitative estimate of drug-likeness (QED) is 0.0353. The fourth-order valence-corrected chi connectivity index (χ4v) is 6.98. The molecule has 0 fully saturated rings. The molecule has 0 amide bonds. The number of ether oxygens (including phenoxy) is 2. The number of rotatable bonds is 40. The Bertz CT molecular complexity index is 550. The van der Waals surface area contributed by atoms with Crippen LogP contribution in [0, 0.1) is 0 Å². The molecule has 0 saturated carbocycles. The first-order valence-corrected chi connectivity index (χ1v) is 21.7. The lowest BCUT2D eigenvalue weighted by Gasteiger charge is -2.27. The van der Waals surface area contributed by atoms with E-state index in [1.54, 1.807) is 0 Å². The maximum absolute atomic E-state index is 6.31. The number of nitrogens with zero attached hydrogens (tertiary/aromatic N) is 1. The van der Waals surface area contributed by atoms with Gasteiger partial charge < -0.3 is 14.4 Å². The van der Waals surface area contributed by atoms with Crippen LogP contribution in [0.4, 0.5) is 0 Å². The monoisotopic (exact) mass is 766 g/mol. The fourth-order valence-electron chi connectivity index (χ4n) is 6.50. The van der Waals surface area contributed by atoms with Crippen molar-refractivity contribution in [2.24, 2.45) is 0 Å². The minimum absolute atomic E-state index is 0.0377. The standard InChI is InChI=1S/C41H84INO3/c1-5-7-9-11-13-15-17-19-21-23-25-27-29-31-33-35-37-44-40(39-43(3)4)41(46-42)45-38-36-34-32-30-28-26-24-22-20-18-16-14-12-10-8-6-2/h40-41H,5-39H2,1-4H3. The van der Waals surface area contributed by atoms with Gasteiger partial charge in [-0.1, -0.05) is 206 Å². The van der Waals surface area contributed by atoms with Gasteiger partial charge in [0.1, 0.15) is 29.1 Å².